The van der Waals surface area contributed by atoms with Crippen molar-refractivity contribution in [2.75, 3.05) is 18.1 Å². The van der Waals surface area contributed by atoms with Crippen LogP contribution >= 0.6 is 11.6 Å². The number of hydrogen-bond donors (Lipinski definition) is 3. The van der Waals surface area contributed by atoms with E-state index in [4.69, 9.17) is 27.5 Å². The third-order valence-electron chi connectivity index (χ3n) is 5.96. The van der Waals surface area contributed by atoms with Crippen molar-refractivity contribution in [3.8, 4) is 0 Å². The molecule has 0 spiro atoms. The van der Waals surface area contributed by atoms with Gasteiger partial charge in [0.15, 0.2) is 5.84 Å². The van der Waals surface area contributed by atoms with Crippen molar-refractivity contribution in [1.82, 2.24) is 0 Å². The predicted molar refractivity (Wildman–Crippen MR) is 132 cm³/mol. The summed E-state index contributed by atoms with van der Waals surface area (Å²) >= 11 is 6.19. The monoisotopic (exact) mass is 468 g/mol. The van der Waals surface area contributed by atoms with Gasteiger partial charge in [-0.3, -0.25) is 10.2 Å². The zero-order valence-electron chi connectivity index (χ0n) is 19.1. The van der Waals surface area contributed by atoms with Gasteiger partial charge >= 0.3 is 5.97 Å². The molecule has 0 saturated heterocycles. The number of nitrogens with zero attached hydrogens (tertiary/aromatic N) is 2. The molecule has 8 heteroatoms. The Hall–Kier alpha value is -3.16. The summed E-state index contributed by atoms with van der Waals surface area (Å²) < 4.78 is 5.60. The first-order valence-corrected chi connectivity index (χ1v) is 10.9. The van der Waals surface area contributed by atoms with Crippen LogP contribution in [-0.2, 0) is 27.0 Å². The number of fused-ring (bicyclic) bond motifs is 1. The molecule has 2 aromatic carbocycles. The number of nitrogens with one attached hydrogen (secondary N) is 1. The topological polar surface area (TPSA) is 112 Å². The van der Waals surface area contributed by atoms with E-state index in [0.717, 1.165) is 22.4 Å². The van der Waals surface area contributed by atoms with Crippen LogP contribution in [0.4, 0.5) is 5.69 Å². The maximum atomic E-state index is 13.0. The number of hydrogen-bond acceptors (Lipinski definition) is 4. The maximum absolute atomic E-state index is 13.0. The fourth-order valence-electron chi connectivity index (χ4n) is 3.90. The molecule has 3 rings (SSSR count). The van der Waals surface area contributed by atoms with Crippen molar-refractivity contribution in [2.24, 2.45) is 10.7 Å². The summed E-state index contributed by atoms with van der Waals surface area (Å²) in [6.07, 6.45) is 0. The molecule has 0 unspecified atom stereocenters. The molecule has 0 fully saturated rings. The smallest absolute Gasteiger partial charge is 0.316 e. The van der Waals surface area contributed by atoms with E-state index in [1.165, 1.54) is 0 Å². The van der Waals surface area contributed by atoms with Gasteiger partial charge in [0.25, 0.3) is 0 Å². The van der Waals surface area contributed by atoms with Gasteiger partial charge in [-0.25, -0.2) is 0 Å². The molecule has 1 aliphatic heterocycles. The summed E-state index contributed by atoms with van der Waals surface area (Å²) in [6, 6.07) is 15.1. The number of aliphatic imine (C=N–C) groups is 1. The zero-order valence-corrected chi connectivity index (χ0v) is 19.8. The number of esters is 1. The Morgan fingerprint density at radius 3 is 2.58 bits per heavy atom. The Labute approximate surface area is 199 Å². The van der Waals surface area contributed by atoms with Gasteiger partial charge in [0, 0.05) is 17.6 Å². The van der Waals surface area contributed by atoms with E-state index in [1.54, 1.807) is 18.7 Å². The third kappa shape index (κ3) is 4.94. The number of rotatable bonds is 6. The van der Waals surface area contributed by atoms with Crippen molar-refractivity contribution in [3.63, 3.8) is 0 Å². The minimum Gasteiger partial charge on any atom is -0.460 e. The normalized spacial score (nSPS) is 18.1. The van der Waals surface area contributed by atoms with Crippen LogP contribution in [-0.4, -0.2) is 36.0 Å². The van der Waals surface area contributed by atoms with Crippen LogP contribution in [0, 0.1) is 5.41 Å². The van der Waals surface area contributed by atoms with E-state index >= 15 is 0 Å². The SMILES string of the molecule is C=C(Cl)C(=NC(=N)N)N1C[C@@](C)(CO)c2ccc(C(C)(C)C(=O)OCc3ccccc3)cc21. The molecule has 1 atom stereocenters. The lowest BCUT2D eigenvalue weighted by molar-refractivity contribution is -0.150. The van der Waals surface area contributed by atoms with Crippen LogP contribution < -0.4 is 10.6 Å². The Morgan fingerprint density at radius 2 is 2.00 bits per heavy atom. The van der Waals surface area contributed by atoms with Crippen molar-refractivity contribution in [2.45, 2.75) is 38.2 Å². The molecule has 0 saturated carbocycles. The van der Waals surface area contributed by atoms with Crippen molar-refractivity contribution >= 4 is 35.1 Å². The molecule has 1 heterocycles. The van der Waals surface area contributed by atoms with Crippen molar-refractivity contribution in [1.29, 1.82) is 5.41 Å². The number of benzene rings is 2. The third-order valence-corrected chi connectivity index (χ3v) is 6.13. The van der Waals surface area contributed by atoms with E-state index in [9.17, 15) is 9.90 Å². The summed E-state index contributed by atoms with van der Waals surface area (Å²) in [7, 11) is 0. The zero-order chi connectivity index (χ0) is 24.4. The number of halogens is 1. The van der Waals surface area contributed by atoms with Crippen LogP contribution in [0.2, 0.25) is 0 Å². The fourth-order valence-corrected chi connectivity index (χ4v) is 4.04. The van der Waals surface area contributed by atoms with Gasteiger partial charge in [-0.05, 0) is 36.6 Å². The highest BCUT2D eigenvalue weighted by Gasteiger charge is 2.42. The molecule has 1 aliphatic rings. The van der Waals surface area contributed by atoms with Crippen molar-refractivity contribution < 1.29 is 14.6 Å². The van der Waals surface area contributed by atoms with Gasteiger partial charge in [0.05, 0.1) is 17.1 Å². The van der Waals surface area contributed by atoms with Crippen LogP contribution in [0.1, 0.15) is 37.5 Å². The fraction of sp³-hybridized carbons (Fsp3) is 0.320. The number of ether oxygens (including phenoxy) is 1. The first kappa shape index (κ1) is 24.5. The number of carbonyl (C=O) groups is 1. The summed E-state index contributed by atoms with van der Waals surface area (Å²) in [6.45, 7) is 9.72. The number of anilines is 1. The van der Waals surface area contributed by atoms with Gasteiger partial charge in [-0.1, -0.05) is 67.6 Å². The molecule has 4 N–H and O–H groups in total. The second kappa shape index (κ2) is 9.37. The quantitative estimate of drug-likeness (QED) is 0.339. The standard InChI is InChI=1S/C25H29ClN4O3/c1-16(26)21(29-23(27)28)30-14-25(4,15-31)19-11-10-18(12-20(19)30)24(2,3)22(32)33-13-17-8-6-5-7-9-17/h5-12,31H,1,13-15H2,2-4H3,(H3,27,28)/t25-/m0/s1. The highest BCUT2D eigenvalue weighted by Crippen LogP contribution is 2.43. The molecule has 0 amide bonds. The van der Waals surface area contributed by atoms with E-state index in [1.807, 2.05) is 55.5 Å². The molecule has 0 bridgehead atoms. The number of aliphatic hydroxyl groups is 1. The second-order valence-corrected chi connectivity index (χ2v) is 9.41. The molecular formula is C25H29ClN4O3. The van der Waals surface area contributed by atoms with E-state index in [-0.39, 0.29) is 30.1 Å². The Bertz CT molecular complexity index is 1110. The summed E-state index contributed by atoms with van der Waals surface area (Å²) in [5, 5.41) is 17.8. The first-order chi connectivity index (χ1) is 15.5. The van der Waals surface area contributed by atoms with Crippen LogP contribution in [0.25, 0.3) is 0 Å². The Balaban J connectivity index is 1.98. The minimum atomic E-state index is -0.941. The number of guanidine groups is 1. The number of carbonyl (C=O) groups excluding carboxylic acids is 1. The van der Waals surface area contributed by atoms with Crippen LogP contribution in [0.3, 0.4) is 0 Å². The first-order valence-electron chi connectivity index (χ1n) is 10.5. The average molecular weight is 469 g/mol. The highest BCUT2D eigenvalue weighted by atomic mass is 35.5. The minimum absolute atomic E-state index is 0.111. The molecule has 174 valence electrons. The molecule has 0 radical (unpaired) electrons. The molecule has 2 aromatic rings. The van der Waals surface area contributed by atoms with Gasteiger partial charge in [-0.2, -0.15) is 4.99 Å². The second-order valence-electron chi connectivity index (χ2n) is 8.95. The summed E-state index contributed by atoms with van der Waals surface area (Å²) in [5.41, 5.74) is 7.18. The van der Waals surface area contributed by atoms with Crippen molar-refractivity contribution in [3.05, 3.63) is 76.8 Å². The largest absolute Gasteiger partial charge is 0.460 e. The van der Waals surface area contributed by atoms with Gasteiger partial charge in [0.2, 0.25) is 5.96 Å². The average Bonchev–Trinajstić information content (AvgIpc) is 3.08. The summed E-state index contributed by atoms with van der Waals surface area (Å²) in [5.74, 6) is -0.545. The van der Waals surface area contributed by atoms with Crippen LogP contribution in [0.5, 0.6) is 0 Å². The lowest BCUT2D eigenvalue weighted by atomic mass is 9.80. The highest BCUT2D eigenvalue weighted by molar-refractivity contribution is 6.45. The van der Waals surface area contributed by atoms with Gasteiger partial charge < -0.3 is 20.5 Å². The summed E-state index contributed by atoms with van der Waals surface area (Å²) in [4.78, 5) is 18.8. The lowest BCUT2D eigenvalue weighted by Crippen LogP contribution is -2.38. The molecule has 33 heavy (non-hydrogen) atoms. The van der Waals surface area contributed by atoms with Gasteiger partial charge in [0.1, 0.15) is 6.61 Å². The number of aliphatic hydroxyl groups excluding tert-OH is 1. The Morgan fingerprint density at radius 1 is 1.33 bits per heavy atom. The van der Waals surface area contributed by atoms with E-state index < -0.39 is 16.8 Å². The predicted octanol–water partition coefficient (Wildman–Crippen LogP) is 3.82. The molecular weight excluding hydrogens is 440 g/mol. The lowest BCUT2D eigenvalue weighted by Gasteiger charge is -2.26. The number of nitrogens with two attached hydrogens (primary N) is 1. The van der Waals surface area contributed by atoms with Crippen LogP contribution in [0.15, 0.2) is 65.1 Å². The molecule has 0 aliphatic carbocycles. The number of amidine groups is 1. The maximum Gasteiger partial charge on any atom is 0.316 e. The molecule has 0 aromatic heterocycles. The van der Waals surface area contributed by atoms with Gasteiger partial charge in [-0.15, -0.1) is 0 Å². The van der Waals surface area contributed by atoms with E-state index in [0.29, 0.717) is 6.54 Å². The van der Waals surface area contributed by atoms with E-state index in [2.05, 4.69) is 11.6 Å². The Kier molecular flexibility index (Phi) is 6.95. The molecule has 7 nitrogen and oxygen atoms in total.